The number of phenols is 1. The fourth-order valence-corrected chi connectivity index (χ4v) is 4.40. The first-order valence-electron chi connectivity index (χ1n) is 8.97. The Labute approximate surface area is 185 Å². The minimum Gasteiger partial charge on any atom is -0.506 e. The first-order valence-corrected chi connectivity index (χ1v) is 10.6. The summed E-state index contributed by atoms with van der Waals surface area (Å²) in [5.41, 5.74) is 4.16. The number of amides is 1. The zero-order valence-electron chi connectivity index (χ0n) is 16.0. The normalized spacial score (nSPS) is 13.7. The number of carbonyl (C=O) groups excluding carboxylic acids is 1. The molecular weight excluding hydrogens is 506 g/mol. The molecule has 29 heavy (non-hydrogen) atoms. The van der Waals surface area contributed by atoms with Crippen molar-refractivity contribution in [1.82, 2.24) is 5.43 Å². The number of anilines is 1. The second-order valence-corrected chi connectivity index (χ2v) is 8.21. The first kappa shape index (κ1) is 21.4. The number of hydrogen-bond acceptors (Lipinski definition) is 6. The Morgan fingerprint density at radius 1 is 1.14 bits per heavy atom. The molecule has 7 nitrogen and oxygen atoms in total. The van der Waals surface area contributed by atoms with E-state index in [0.717, 1.165) is 31.6 Å². The Bertz CT molecular complexity index is 944. The summed E-state index contributed by atoms with van der Waals surface area (Å²) in [4.78, 5) is 14.6. The highest BCUT2D eigenvalue weighted by molar-refractivity contribution is 9.11. The van der Waals surface area contributed by atoms with Crippen molar-refractivity contribution in [2.75, 3.05) is 32.2 Å². The molecule has 2 aromatic carbocycles. The first-order chi connectivity index (χ1) is 13.9. The molecule has 1 aliphatic heterocycles. The molecule has 2 aromatic rings. The van der Waals surface area contributed by atoms with Crippen molar-refractivity contribution in [3.63, 3.8) is 0 Å². The van der Waals surface area contributed by atoms with Crippen LogP contribution in [0.25, 0.3) is 0 Å². The highest BCUT2D eigenvalue weighted by Gasteiger charge is 2.19. The maximum absolute atomic E-state index is 12.4. The molecule has 0 radical (unpaired) electrons. The van der Waals surface area contributed by atoms with E-state index in [1.54, 1.807) is 20.3 Å². The maximum atomic E-state index is 12.4. The van der Waals surface area contributed by atoms with E-state index in [9.17, 15) is 9.90 Å². The number of phenolic OH excluding ortho intramolecular Hbond substituents is 1. The molecular formula is C20H21Br2N3O4. The summed E-state index contributed by atoms with van der Waals surface area (Å²) in [6.45, 7) is 1.96. The predicted molar refractivity (Wildman–Crippen MR) is 120 cm³/mol. The van der Waals surface area contributed by atoms with E-state index in [0.29, 0.717) is 26.0 Å². The van der Waals surface area contributed by atoms with Crippen molar-refractivity contribution in [3.05, 3.63) is 44.3 Å². The molecule has 1 aliphatic rings. The zero-order valence-corrected chi connectivity index (χ0v) is 19.2. The summed E-state index contributed by atoms with van der Waals surface area (Å²) in [5.74, 6) is 0.642. The molecule has 1 amide bonds. The van der Waals surface area contributed by atoms with Crippen LogP contribution in [0.1, 0.15) is 28.8 Å². The van der Waals surface area contributed by atoms with Crippen LogP contribution in [0.5, 0.6) is 17.2 Å². The smallest absolute Gasteiger partial charge is 0.275 e. The largest absolute Gasteiger partial charge is 0.506 e. The number of carbonyl (C=O) groups is 1. The van der Waals surface area contributed by atoms with Crippen LogP contribution in [0.2, 0.25) is 0 Å². The molecule has 0 spiro atoms. The third kappa shape index (κ3) is 4.84. The van der Waals surface area contributed by atoms with E-state index in [2.05, 4.69) is 47.3 Å². The SMILES string of the molecule is COc1cc(N2CCCC2)c(OC)cc1/C=N\NC(=O)c1cc(Br)cc(Br)c1O. The van der Waals surface area contributed by atoms with E-state index in [1.807, 2.05) is 12.1 Å². The third-order valence-electron chi connectivity index (χ3n) is 4.62. The molecule has 0 aromatic heterocycles. The quantitative estimate of drug-likeness (QED) is 0.433. The molecule has 1 heterocycles. The fraction of sp³-hybridized carbons (Fsp3) is 0.300. The van der Waals surface area contributed by atoms with Crippen LogP contribution in [0.3, 0.4) is 0 Å². The van der Waals surface area contributed by atoms with Crippen LogP contribution in [-0.4, -0.2) is 44.5 Å². The Morgan fingerprint density at radius 3 is 2.48 bits per heavy atom. The van der Waals surface area contributed by atoms with Gasteiger partial charge in [0.1, 0.15) is 17.2 Å². The van der Waals surface area contributed by atoms with Gasteiger partial charge in [-0.25, -0.2) is 5.43 Å². The number of nitrogens with one attached hydrogen (secondary N) is 1. The number of hydrogen-bond donors (Lipinski definition) is 2. The third-order valence-corrected chi connectivity index (χ3v) is 5.68. The number of rotatable bonds is 6. The summed E-state index contributed by atoms with van der Waals surface area (Å²) < 4.78 is 12.1. The molecule has 0 atom stereocenters. The Morgan fingerprint density at radius 2 is 1.83 bits per heavy atom. The van der Waals surface area contributed by atoms with E-state index in [-0.39, 0.29) is 11.3 Å². The minimum atomic E-state index is -0.541. The van der Waals surface area contributed by atoms with Gasteiger partial charge >= 0.3 is 0 Å². The fourth-order valence-electron chi connectivity index (χ4n) is 3.17. The molecule has 0 aliphatic carbocycles. The van der Waals surface area contributed by atoms with Crippen LogP contribution >= 0.6 is 31.9 Å². The van der Waals surface area contributed by atoms with E-state index in [4.69, 9.17) is 9.47 Å². The van der Waals surface area contributed by atoms with Gasteiger partial charge in [0, 0.05) is 29.2 Å². The lowest BCUT2D eigenvalue weighted by atomic mass is 10.1. The maximum Gasteiger partial charge on any atom is 0.275 e. The number of nitrogens with zero attached hydrogens (tertiary/aromatic N) is 2. The lowest BCUT2D eigenvalue weighted by Gasteiger charge is -2.22. The van der Waals surface area contributed by atoms with Gasteiger partial charge in [-0.1, -0.05) is 15.9 Å². The molecule has 0 saturated carbocycles. The molecule has 0 bridgehead atoms. The summed E-state index contributed by atoms with van der Waals surface area (Å²) in [7, 11) is 3.21. The summed E-state index contributed by atoms with van der Waals surface area (Å²) in [6, 6.07) is 6.91. The van der Waals surface area contributed by atoms with Crippen LogP contribution in [-0.2, 0) is 0 Å². The van der Waals surface area contributed by atoms with E-state index >= 15 is 0 Å². The van der Waals surface area contributed by atoms with E-state index < -0.39 is 5.91 Å². The number of ether oxygens (including phenoxy) is 2. The second kappa shape index (κ2) is 9.49. The van der Waals surface area contributed by atoms with Gasteiger partial charge in [0.15, 0.2) is 0 Å². The molecule has 0 unspecified atom stereocenters. The molecule has 3 rings (SSSR count). The second-order valence-electron chi connectivity index (χ2n) is 6.44. The standard InChI is InChI=1S/C20H21Br2N3O4/c1-28-17-10-16(25-5-3-4-6-25)18(29-2)7-12(17)11-23-24-20(27)14-8-13(21)9-15(22)19(14)26/h7-11,26H,3-6H2,1-2H3,(H,24,27)/b23-11-. The molecule has 9 heteroatoms. The van der Waals surface area contributed by atoms with Crippen LogP contribution in [0, 0.1) is 0 Å². The van der Waals surface area contributed by atoms with Crippen LogP contribution in [0.15, 0.2) is 38.3 Å². The topological polar surface area (TPSA) is 83.4 Å². The van der Waals surface area contributed by atoms with Gasteiger partial charge in [-0.15, -0.1) is 0 Å². The van der Waals surface area contributed by atoms with Crippen molar-refractivity contribution in [1.29, 1.82) is 0 Å². The van der Waals surface area contributed by atoms with Crippen molar-refractivity contribution in [2.45, 2.75) is 12.8 Å². The minimum absolute atomic E-state index is 0.0947. The highest BCUT2D eigenvalue weighted by atomic mass is 79.9. The Kier molecular flexibility index (Phi) is 7.02. The van der Waals surface area contributed by atoms with Gasteiger partial charge in [0.25, 0.3) is 5.91 Å². The van der Waals surface area contributed by atoms with Crippen molar-refractivity contribution < 1.29 is 19.4 Å². The molecule has 1 saturated heterocycles. The number of halogens is 2. The number of benzene rings is 2. The number of aromatic hydroxyl groups is 1. The Balaban J connectivity index is 1.82. The average molecular weight is 527 g/mol. The highest BCUT2D eigenvalue weighted by Crippen LogP contribution is 2.36. The lowest BCUT2D eigenvalue weighted by Crippen LogP contribution is -2.19. The van der Waals surface area contributed by atoms with Gasteiger partial charge < -0.3 is 19.5 Å². The zero-order chi connectivity index (χ0) is 21.0. The predicted octanol–water partition coefficient (Wildman–Crippen LogP) is 4.30. The van der Waals surface area contributed by atoms with Gasteiger partial charge in [-0.05, 0) is 47.0 Å². The molecule has 2 N–H and O–H groups in total. The van der Waals surface area contributed by atoms with E-state index in [1.165, 1.54) is 12.3 Å². The lowest BCUT2D eigenvalue weighted by molar-refractivity contribution is 0.0952. The average Bonchev–Trinajstić information content (AvgIpc) is 3.24. The van der Waals surface area contributed by atoms with Gasteiger partial charge in [-0.3, -0.25) is 4.79 Å². The van der Waals surface area contributed by atoms with Crippen molar-refractivity contribution >= 4 is 49.7 Å². The molecule has 154 valence electrons. The van der Waals surface area contributed by atoms with Crippen LogP contribution < -0.4 is 19.8 Å². The van der Waals surface area contributed by atoms with Crippen LogP contribution in [0.4, 0.5) is 5.69 Å². The summed E-state index contributed by atoms with van der Waals surface area (Å²) in [6.07, 6.45) is 3.79. The van der Waals surface area contributed by atoms with Gasteiger partial charge in [0.05, 0.1) is 36.2 Å². The summed E-state index contributed by atoms with van der Waals surface area (Å²) >= 11 is 6.50. The monoisotopic (exact) mass is 525 g/mol. The summed E-state index contributed by atoms with van der Waals surface area (Å²) in [5, 5.41) is 14.1. The van der Waals surface area contributed by atoms with Gasteiger partial charge in [-0.2, -0.15) is 5.10 Å². The van der Waals surface area contributed by atoms with Crippen molar-refractivity contribution in [3.8, 4) is 17.2 Å². The van der Waals surface area contributed by atoms with Gasteiger partial charge in [0.2, 0.25) is 0 Å². The van der Waals surface area contributed by atoms with Crippen molar-refractivity contribution in [2.24, 2.45) is 5.10 Å². The number of methoxy groups -OCH3 is 2. The Hall–Kier alpha value is -2.26. The number of hydrazone groups is 1. The molecule has 1 fully saturated rings.